The van der Waals surface area contributed by atoms with Crippen molar-refractivity contribution in [3.63, 3.8) is 0 Å². The van der Waals surface area contributed by atoms with Crippen molar-refractivity contribution in [3.05, 3.63) is 60.2 Å². The molecule has 186 valence electrons. The van der Waals surface area contributed by atoms with Crippen LogP contribution in [0.2, 0.25) is 0 Å². The molecule has 0 N–H and O–H groups in total. The lowest BCUT2D eigenvalue weighted by Crippen LogP contribution is -2.48. The Morgan fingerprint density at radius 1 is 1.00 bits per heavy atom. The van der Waals surface area contributed by atoms with Crippen molar-refractivity contribution in [2.75, 3.05) is 11.9 Å². The van der Waals surface area contributed by atoms with Gasteiger partial charge in [-0.3, -0.25) is 0 Å². The molecule has 35 heavy (non-hydrogen) atoms. The number of ether oxygens (including phenoxy) is 2. The zero-order valence-electron chi connectivity index (χ0n) is 21.2. The number of benzene rings is 2. The molecule has 0 atom stereocenters. The Hall–Kier alpha value is -2.07. The molecule has 0 saturated heterocycles. The van der Waals surface area contributed by atoms with E-state index >= 15 is 0 Å². The zero-order valence-corrected chi connectivity index (χ0v) is 22.8. The van der Waals surface area contributed by atoms with Crippen LogP contribution in [0.1, 0.15) is 70.4 Å². The summed E-state index contributed by atoms with van der Waals surface area (Å²) >= 11 is 3.42. The van der Waals surface area contributed by atoms with Crippen LogP contribution in [0.4, 0.5) is 0 Å². The third kappa shape index (κ3) is 5.09. The first-order valence-electron chi connectivity index (χ1n) is 13.0. The van der Waals surface area contributed by atoms with Gasteiger partial charge in [0.1, 0.15) is 11.4 Å². The normalized spacial score (nSPS) is 27.0. The Kier molecular flexibility index (Phi) is 6.63. The number of hydrogen-bond donors (Lipinski definition) is 0. The largest absolute Gasteiger partial charge is 0.493 e. The first-order valence-corrected chi connectivity index (χ1v) is 14.1. The SMILES string of the molecule is C=C(C(=O)OC(C)(C)C)c1ccc(-c2ccc(OCCBr)cc2)c(C23CC4CC(CC(C4)C2)C3)c1. The highest BCUT2D eigenvalue weighted by Gasteiger charge is 2.52. The quantitative estimate of drug-likeness (QED) is 0.204. The standard InChI is InChI=1S/C31H37BrO3/c1-20(29(33)35-30(2,3)4)25-7-10-27(24-5-8-26(9-6-24)34-12-11-32)28(16-25)31-17-21-13-22(18-31)15-23(14-21)19-31/h5-10,16,21-23H,1,11-15,17-19H2,2-4H3. The summed E-state index contributed by atoms with van der Waals surface area (Å²) in [6, 6.07) is 15.0. The minimum atomic E-state index is -0.540. The van der Waals surface area contributed by atoms with Gasteiger partial charge in [-0.15, -0.1) is 0 Å². The molecular formula is C31H37BrO3. The average Bonchev–Trinajstić information content (AvgIpc) is 2.80. The average molecular weight is 538 g/mol. The van der Waals surface area contributed by atoms with Crippen molar-refractivity contribution in [3.8, 4) is 16.9 Å². The summed E-state index contributed by atoms with van der Waals surface area (Å²) in [5.41, 5.74) is 4.85. The van der Waals surface area contributed by atoms with Gasteiger partial charge in [0.2, 0.25) is 0 Å². The molecule has 2 aromatic rings. The van der Waals surface area contributed by atoms with E-state index in [1.165, 1.54) is 55.2 Å². The Morgan fingerprint density at radius 3 is 2.14 bits per heavy atom. The van der Waals surface area contributed by atoms with Gasteiger partial charge in [0, 0.05) is 5.33 Å². The second-order valence-corrected chi connectivity index (χ2v) is 12.8. The molecule has 4 heteroatoms. The summed E-state index contributed by atoms with van der Waals surface area (Å²) < 4.78 is 11.4. The summed E-state index contributed by atoms with van der Waals surface area (Å²) in [7, 11) is 0. The predicted octanol–water partition coefficient (Wildman–Crippen LogP) is 7.95. The molecule has 0 spiro atoms. The Balaban J connectivity index is 1.54. The molecule has 3 nitrogen and oxygen atoms in total. The monoisotopic (exact) mass is 536 g/mol. The van der Waals surface area contributed by atoms with Gasteiger partial charge in [-0.2, -0.15) is 0 Å². The first kappa shape index (κ1) is 24.6. The van der Waals surface area contributed by atoms with E-state index in [-0.39, 0.29) is 11.4 Å². The van der Waals surface area contributed by atoms with E-state index in [1.54, 1.807) is 0 Å². The maximum absolute atomic E-state index is 12.9. The molecule has 4 fully saturated rings. The van der Waals surface area contributed by atoms with Gasteiger partial charge in [0.25, 0.3) is 0 Å². The second-order valence-electron chi connectivity index (χ2n) is 12.0. The highest BCUT2D eigenvalue weighted by molar-refractivity contribution is 9.09. The van der Waals surface area contributed by atoms with E-state index in [9.17, 15) is 4.79 Å². The van der Waals surface area contributed by atoms with Crippen LogP contribution >= 0.6 is 15.9 Å². The Labute approximate surface area is 218 Å². The first-order chi connectivity index (χ1) is 16.7. The Morgan fingerprint density at radius 2 is 1.60 bits per heavy atom. The third-order valence-electron chi connectivity index (χ3n) is 8.13. The van der Waals surface area contributed by atoms with Crippen molar-refractivity contribution in [2.24, 2.45) is 17.8 Å². The van der Waals surface area contributed by atoms with Crippen molar-refractivity contribution in [1.82, 2.24) is 0 Å². The summed E-state index contributed by atoms with van der Waals surface area (Å²) in [4.78, 5) is 12.9. The maximum atomic E-state index is 12.9. The van der Waals surface area contributed by atoms with Crippen LogP contribution in [0, 0.1) is 17.8 Å². The smallest absolute Gasteiger partial charge is 0.338 e. The fourth-order valence-electron chi connectivity index (χ4n) is 7.21. The van der Waals surface area contributed by atoms with E-state index in [4.69, 9.17) is 9.47 Å². The molecule has 0 unspecified atom stereocenters. The molecule has 4 saturated carbocycles. The fraction of sp³-hybridized carbons (Fsp3) is 0.516. The van der Waals surface area contributed by atoms with E-state index in [1.807, 2.05) is 26.8 Å². The third-order valence-corrected chi connectivity index (χ3v) is 8.46. The van der Waals surface area contributed by atoms with Gasteiger partial charge < -0.3 is 9.47 Å². The van der Waals surface area contributed by atoms with Crippen LogP contribution in [-0.2, 0) is 14.9 Å². The zero-order chi connectivity index (χ0) is 24.8. The van der Waals surface area contributed by atoms with Crippen LogP contribution in [0.15, 0.2) is 49.0 Å². The van der Waals surface area contributed by atoms with E-state index in [0.717, 1.165) is 34.4 Å². The maximum Gasteiger partial charge on any atom is 0.338 e. The molecule has 0 aliphatic heterocycles. The van der Waals surface area contributed by atoms with Crippen LogP contribution in [0.25, 0.3) is 16.7 Å². The number of esters is 1. The topological polar surface area (TPSA) is 35.5 Å². The van der Waals surface area contributed by atoms with Gasteiger partial charge in [0.15, 0.2) is 0 Å². The van der Waals surface area contributed by atoms with Crippen LogP contribution in [-0.4, -0.2) is 23.5 Å². The van der Waals surface area contributed by atoms with E-state index < -0.39 is 5.60 Å². The molecule has 6 rings (SSSR count). The number of halogens is 1. The summed E-state index contributed by atoms with van der Waals surface area (Å²) in [5, 5.41) is 0.813. The van der Waals surface area contributed by atoms with Crippen LogP contribution in [0.3, 0.4) is 0 Å². The second kappa shape index (κ2) is 9.42. The van der Waals surface area contributed by atoms with E-state index in [2.05, 4.69) is 58.9 Å². The molecule has 2 aromatic carbocycles. The molecule has 4 bridgehead atoms. The summed E-state index contributed by atoms with van der Waals surface area (Å²) in [5.74, 6) is 3.07. The number of rotatable bonds is 7. The molecule has 0 amide bonds. The minimum absolute atomic E-state index is 0.194. The van der Waals surface area contributed by atoms with Crippen molar-refractivity contribution < 1.29 is 14.3 Å². The Bertz CT molecular complexity index is 1070. The van der Waals surface area contributed by atoms with Gasteiger partial charge in [-0.25, -0.2) is 4.79 Å². The lowest BCUT2D eigenvalue weighted by atomic mass is 9.47. The van der Waals surface area contributed by atoms with Crippen LogP contribution < -0.4 is 4.74 Å². The molecule has 0 radical (unpaired) electrons. The molecular weight excluding hydrogens is 500 g/mol. The number of hydrogen-bond acceptors (Lipinski definition) is 3. The highest BCUT2D eigenvalue weighted by Crippen LogP contribution is 2.62. The summed E-state index contributed by atoms with van der Waals surface area (Å²) in [6.45, 7) is 10.5. The number of alkyl halides is 1. The number of carbonyl (C=O) groups excluding carboxylic acids is 1. The fourth-order valence-corrected chi connectivity index (χ4v) is 7.37. The van der Waals surface area contributed by atoms with Crippen LogP contribution in [0.5, 0.6) is 5.75 Å². The van der Waals surface area contributed by atoms with Gasteiger partial charge in [0.05, 0.1) is 12.2 Å². The van der Waals surface area contributed by atoms with Crippen molar-refractivity contribution in [1.29, 1.82) is 0 Å². The van der Waals surface area contributed by atoms with Gasteiger partial charge >= 0.3 is 5.97 Å². The van der Waals surface area contributed by atoms with Crippen molar-refractivity contribution in [2.45, 2.75) is 70.3 Å². The molecule has 4 aliphatic rings. The van der Waals surface area contributed by atoms with Crippen molar-refractivity contribution >= 4 is 27.5 Å². The molecule has 0 heterocycles. The van der Waals surface area contributed by atoms with Gasteiger partial charge in [-0.1, -0.05) is 46.8 Å². The minimum Gasteiger partial charge on any atom is -0.493 e. The molecule has 0 aromatic heterocycles. The lowest BCUT2D eigenvalue weighted by molar-refractivity contribution is -0.147. The number of carbonyl (C=O) groups is 1. The predicted molar refractivity (Wildman–Crippen MR) is 146 cm³/mol. The molecule has 4 aliphatic carbocycles. The van der Waals surface area contributed by atoms with Gasteiger partial charge in [-0.05, 0) is 123 Å². The van der Waals surface area contributed by atoms with E-state index in [0.29, 0.717) is 12.2 Å². The highest BCUT2D eigenvalue weighted by atomic mass is 79.9. The summed E-state index contributed by atoms with van der Waals surface area (Å²) in [6.07, 6.45) is 8.00. The lowest BCUT2D eigenvalue weighted by Gasteiger charge is -2.57.